The van der Waals surface area contributed by atoms with Gasteiger partial charge in [-0.3, -0.25) is 4.90 Å². The summed E-state index contributed by atoms with van der Waals surface area (Å²) in [6.07, 6.45) is 2.60. The second-order valence-electron chi connectivity index (χ2n) is 5.39. The Balaban J connectivity index is 2.15. The molecule has 1 atom stereocenters. The lowest BCUT2D eigenvalue weighted by molar-refractivity contribution is 0.176. The molecule has 2 rings (SSSR count). The monoisotopic (exact) mass is 264 g/mol. The molecule has 1 saturated heterocycles. The van der Waals surface area contributed by atoms with Crippen molar-refractivity contribution in [1.82, 2.24) is 4.90 Å². The molecule has 0 saturated carbocycles. The summed E-state index contributed by atoms with van der Waals surface area (Å²) in [6, 6.07) is 3.84. The number of nitrogen functional groups attached to an aromatic ring is 1. The van der Waals surface area contributed by atoms with Crippen LogP contribution in [0.2, 0.25) is 0 Å². The number of nitrogens with zero attached hydrogens (tertiary/aromatic N) is 1. The number of piperidine rings is 1. The molecule has 19 heavy (non-hydrogen) atoms. The Morgan fingerprint density at radius 2 is 1.95 bits per heavy atom. The van der Waals surface area contributed by atoms with Crippen molar-refractivity contribution in [2.24, 2.45) is 5.92 Å². The van der Waals surface area contributed by atoms with Crippen molar-refractivity contribution in [3.8, 4) is 11.5 Å². The highest BCUT2D eigenvalue weighted by Crippen LogP contribution is 2.33. The van der Waals surface area contributed by atoms with Gasteiger partial charge < -0.3 is 15.2 Å². The Hall–Kier alpha value is -1.42. The molecule has 0 amide bonds. The molecule has 1 aliphatic heterocycles. The van der Waals surface area contributed by atoms with E-state index in [0.29, 0.717) is 5.75 Å². The van der Waals surface area contributed by atoms with Crippen LogP contribution in [-0.4, -0.2) is 32.2 Å². The lowest BCUT2D eigenvalue weighted by Crippen LogP contribution is -2.33. The third-order valence-corrected chi connectivity index (χ3v) is 3.78. The molecule has 0 aromatic heterocycles. The highest BCUT2D eigenvalue weighted by Gasteiger charge is 2.18. The van der Waals surface area contributed by atoms with Gasteiger partial charge in [-0.2, -0.15) is 0 Å². The molecule has 106 valence electrons. The zero-order valence-corrected chi connectivity index (χ0v) is 12.1. The van der Waals surface area contributed by atoms with Crippen LogP contribution in [0.5, 0.6) is 11.5 Å². The van der Waals surface area contributed by atoms with Gasteiger partial charge in [-0.05, 0) is 36.9 Å². The minimum absolute atomic E-state index is 0.691. The van der Waals surface area contributed by atoms with Crippen LogP contribution < -0.4 is 15.2 Å². The summed E-state index contributed by atoms with van der Waals surface area (Å²) in [7, 11) is 3.28. The molecule has 1 aromatic rings. The van der Waals surface area contributed by atoms with Gasteiger partial charge in [-0.15, -0.1) is 0 Å². The smallest absolute Gasteiger partial charge is 0.162 e. The van der Waals surface area contributed by atoms with Crippen molar-refractivity contribution in [2.45, 2.75) is 26.3 Å². The molecule has 2 N–H and O–H groups in total. The number of anilines is 1. The van der Waals surface area contributed by atoms with Crippen molar-refractivity contribution in [2.75, 3.05) is 33.0 Å². The number of benzene rings is 1. The predicted molar refractivity (Wildman–Crippen MR) is 77.6 cm³/mol. The third kappa shape index (κ3) is 3.32. The Bertz CT molecular complexity index is 434. The molecule has 1 aromatic carbocycles. The minimum atomic E-state index is 0.691. The van der Waals surface area contributed by atoms with E-state index in [1.165, 1.54) is 12.8 Å². The standard InChI is InChI=1S/C15H24N2O2/c1-11-5-4-6-17(9-11)10-12-7-14(18-2)15(19-3)8-13(12)16/h7-8,11H,4-6,9-10,16H2,1-3H3. The molecular formula is C15H24N2O2. The van der Waals surface area contributed by atoms with Gasteiger partial charge in [0.05, 0.1) is 14.2 Å². The Labute approximate surface area is 115 Å². The highest BCUT2D eigenvalue weighted by atomic mass is 16.5. The van der Waals surface area contributed by atoms with E-state index in [2.05, 4.69) is 11.8 Å². The summed E-state index contributed by atoms with van der Waals surface area (Å²) in [6.45, 7) is 5.49. The first-order chi connectivity index (χ1) is 9.13. The van der Waals surface area contributed by atoms with Crippen LogP contribution in [0, 0.1) is 5.92 Å². The molecule has 0 radical (unpaired) electrons. The summed E-state index contributed by atoms with van der Waals surface area (Å²) < 4.78 is 10.6. The quantitative estimate of drug-likeness (QED) is 0.849. The molecule has 1 heterocycles. The molecule has 4 heteroatoms. The van der Waals surface area contributed by atoms with Crippen LogP contribution in [0.3, 0.4) is 0 Å². The minimum Gasteiger partial charge on any atom is -0.493 e. The molecule has 1 fully saturated rings. The first-order valence-electron chi connectivity index (χ1n) is 6.86. The van der Waals surface area contributed by atoms with Crippen molar-refractivity contribution >= 4 is 5.69 Å². The maximum absolute atomic E-state index is 6.11. The van der Waals surface area contributed by atoms with Crippen LogP contribution in [0.4, 0.5) is 5.69 Å². The first kappa shape index (κ1) is 14.0. The number of hydrogen-bond acceptors (Lipinski definition) is 4. The van der Waals surface area contributed by atoms with Crippen molar-refractivity contribution < 1.29 is 9.47 Å². The summed E-state index contributed by atoms with van der Waals surface area (Å²) in [5.74, 6) is 2.21. The maximum atomic E-state index is 6.11. The van der Waals surface area contributed by atoms with E-state index in [1.807, 2.05) is 12.1 Å². The average molecular weight is 264 g/mol. The first-order valence-corrected chi connectivity index (χ1v) is 6.86. The molecule has 1 unspecified atom stereocenters. The van der Waals surface area contributed by atoms with E-state index < -0.39 is 0 Å². The van der Waals surface area contributed by atoms with Crippen molar-refractivity contribution in [3.63, 3.8) is 0 Å². The normalized spacial score (nSPS) is 20.3. The largest absolute Gasteiger partial charge is 0.493 e. The summed E-state index contributed by atoms with van der Waals surface area (Å²) in [5.41, 5.74) is 8.00. The summed E-state index contributed by atoms with van der Waals surface area (Å²) in [4.78, 5) is 2.46. The second kappa shape index (κ2) is 6.15. The zero-order valence-electron chi connectivity index (χ0n) is 12.1. The molecule has 0 bridgehead atoms. The molecular weight excluding hydrogens is 240 g/mol. The van der Waals surface area contributed by atoms with E-state index >= 15 is 0 Å². The third-order valence-electron chi connectivity index (χ3n) is 3.78. The van der Waals surface area contributed by atoms with Crippen LogP contribution in [0.25, 0.3) is 0 Å². The highest BCUT2D eigenvalue weighted by molar-refractivity contribution is 5.57. The van der Waals surface area contributed by atoms with Gasteiger partial charge in [0.2, 0.25) is 0 Å². The van der Waals surface area contributed by atoms with E-state index in [-0.39, 0.29) is 0 Å². The topological polar surface area (TPSA) is 47.7 Å². The van der Waals surface area contributed by atoms with Crippen LogP contribution >= 0.6 is 0 Å². The van der Waals surface area contributed by atoms with Crippen molar-refractivity contribution in [1.29, 1.82) is 0 Å². The van der Waals surface area contributed by atoms with Gasteiger partial charge in [0.25, 0.3) is 0 Å². The zero-order chi connectivity index (χ0) is 13.8. The lowest BCUT2D eigenvalue weighted by Gasteiger charge is -2.31. The fraction of sp³-hybridized carbons (Fsp3) is 0.600. The molecule has 0 spiro atoms. The lowest BCUT2D eigenvalue weighted by atomic mass is 9.99. The Morgan fingerprint density at radius 3 is 2.58 bits per heavy atom. The Kier molecular flexibility index (Phi) is 4.53. The van der Waals surface area contributed by atoms with E-state index in [0.717, 1.165) is 42.6 Å². The fourth-order valence-electron chi connectivity index (χ4n) is 2.74. The molecule has 0 aliphatic carbocycles. The summed E-state index contributed by atoms with van der Waals surface area (Å²) >= 11 is 0. The van der Waals surface area contributed by atoms with Gasteiger partial charge >= 0.3 is 0 Å². The Morgan fingerprint density at radius 1 is 1.26 bits per heavy atom. The average Bonchev–Trinajstić information content (AvgIpc) is 2.40. The number of likely N-dealkylation sites (tertiary alicyclic amines) is 1. The van der Waals surface area contributed by atoms with Crippen molar-refractivity contribution in [3.05, 3.63) is 17.7 Å². The van der Waals surface area contributed by atoms with Crippen LogP contribution in [0.15, 0.2) is 12.1 Å². The molecule has 4 nitrogen and oxygen atoms in total. The van der Waals surface area contributed by atoms with E-state index in [9.17, 15) is 0 Å². The van der Waals surface area contributed by atoms with Gasteiger partial charge in [0.15, 0.2) is 11.5 Å². The molecule has 1 aliphatic rings. The predicted octanol–water partition coefficient (Wildman–Crippen LogP) is 2.52. The van der Waals surface area contributed by atoms with Crippen LogP contribution in [-0.2, 0) is 6.54 Å². The van der Waals surface area contributed by atoms with Gasteiger partial charge in [-0.25, -0.2) is 0 Å². The fourth-order valence-corrected chi connectivity index (χ4v) is 2.74. The second-order valence-corrected chi connectivity index (χ2v) is 5.39. The number of hydrogen-bond donors (Lipinski definition) is 1. The maximum Gasteiger partial charge on any atom is 0.162 e. The number of rotatable bonds is 4. The van der Waals surface area contributed by atoms with E-state index in [1.54, 1.807) is 14.2 Å². The van der Waals surface area contributed by atoms with Gasteiger partial charge in [-0.1, -0.05) is 6.92 Å². The van der Waals surface area contributed by atoms with Crippen LogP contribution in [0.1, 0.15) is 25.3 Å². The number of nitrogens with two attached hydrogens (primary N) is 1. The number of methoxy groups -OCH3 is 2. The van der Waals surface area contributed by atoms with Gasteiger partial charge in [0.1, 0.15) is 0 Å². The van der Waals surface area contributed by atoms with E-state index in [4.69, 9.17) is 15.2 Å². The SMILES string of the molecule is COc1cc(N)c(CN2CCCC(C)C2)cc1OC. The van der Waals surface area contributed by atoms with Gasteiger partial charge in [0, 0.05) is 24.8 Å². The number of ether oxygens (including phenoxy) is 2. The summed E-state index contributed by atoms with van der Waals surface area (Å²) in [5, 5.41) is 0.